The van der Waals surface area contributed by atoms with Crippen LogP contribution in [0.3, 0.4) is 0 Å². The third kappa shape index (κ3) is 3.22. The Morgan fingerprint density at radius 1 is 0.900 bits per heavy atom. The summed E-state index contributed by atoms with van der Waals surface area (Å²) in [6, 6.07) is 26.2. The minimum absolute atomic E-state index is 0.228. The number of hydrogen-bond acceptors (Lipinski definition) is 3. The second-order valence-corrected chi connectivity index (χ2v) is 8.09. The van der Waals surface area contributed by atoms with E-state index >= 15 is 0 Å². The number of amides is 1. The zero-order valence-electron chi connectivity index (χ0n) is 16.5. The smallest absolute Gasteiger partial charge is 0.280 e. The van der Waals surface area contributed by atoms with Gasteiger partial charge < -0.3 is 9.30 Å². The van der Waals surface area contributed by atoms with Crippen molar-refractivity contribution in [3.63, 3.8) is 0 Å². The van der Waals surface area contributed by atoms with Gasteiger partial charge in [-0.15, -0.1) is 0 Å². The normalized spacial score (nSPS) is 12.2. The van der Waals surface area contributed by atoms with Gasteiger partial charge in [-0.3, -0.25) is 4.79 Å². The van der Waals surface area contributed by atoms with Crippen LogP contribution in [0.25, 0.3) is 31.8 Å². The molecule has 0 fully saturated rings. The second kappa shape index (κ2) is 7.86. The van der Waals surface area contributed by atoms with Gasteiger partial charge in [0.25, 0.3) is 5.91 Å². The molecule has 0 aliphatic rings. The third-order valence-electron chi connectivity index (χ3n) is 5.31. The van der Waals surface area contributed by atoms with Crippen LogP contribution in [0.15, 0.2) is 83.9 Å². The van der Waals surface area contributed by atoms with Crippen molar-refractivity contribution in [1.82, 2.24) is 4.57 Å². The molecule has 4 nitrogen and oxygen atoms in total. The summed E-state index contributed by atoms with van der Waals surface area (Å²) in [6.45, 7) is 1.19. The molecular weight excluding hydrogens is 392 g/mol. The predicted octanol–water partition coefficient (Wildman–Crippen LogP) is 5.40. The summed E-state index contributed by atoms with van der Waals surface area (Å²) in [5.41, 5.74) is 1.69. The average Bonchev–Trinajstić information content (AvgIpc) is 3.14. The van der Waals surface area contributed by atoms with Gasteiger partial charge in [0.05, 0.1) is 16.8 Å². The van der Waals surface area contributed by atoms with Gasteiger partial charge in [0.15, 0.2) is 4.80 Å². The van der Waals surface area contributed by atoms with E-state index in [9.17, 15) is 4.79 Å². The Balaban J connectivity index is 1.73. The number of rotatable bonds is 4. The number of nitrogens with zero attached hydrogens (tertiary/aromatic N) is 2. The lowest BCUT2D eigenvalue weighted by Gasteiger charge is -2.06. The van der Waals surface area contributed by atoms with E-state index in [1.54, 1.807) is 18.4 Å². The number of hydrogen-bond donors (Lipinski definition) is 0. The first kappa shape index (κ1) is 18.7. The van der Waals surface area contributed by atoms with E-state index in [2.05, 4.69) is 33.8 Å². The Hall–Kier alpha value is -3.28. The molecule has 4 aromatic carbocycles. The van der Waals surface area contributed by atoms with Crippen molar-refractivity contribution in [1.29, 1.82) is 0 Å². The molecule has 0 atom stereocenters. The molecule has 0 N–H and O–H groups in total. The fourth-order valence-corrected chi connectivity index (χ4v) is 5.03. The summed E-state index contributed by atoms with van der Waals surface area (Å²) in [5, 5.41) is 4.30. The molecular formula is C25H20N2O2S. The second-order valence-electron chi connectivity index (χ2n) is 7.11. The SMILES string of the molecule is COCCn1c(=NC(=O)c2cccc3ccccc23)sc2c3ccccc3ccc21. The van der Waals surface area contributed by atoms with E-state index in [0.717, 1.165) is 21.0 Å². The Morgan fingerprint density at radius 3 is 2.40 bits per heavy atom. The van der Waals surface area contributed by atoms with Gasteiger partial charge in [0.2, 0.25) is 0 Å². The van der Waals surface area contributed by atoms with E-state index in [0.29, 0.717) is 23.5 Å². The van der Waals surface area contributed by atoms with Crippen molar-refractivity contribution < 1.29 is 9.53 Å². The van der Waals surface area contributed by atoms with Gasteiger partial charge >= 0.3 is 0 Å². The summed E-state index contributed by atoms with van der Waals surface area (Å²) in [4.78, 5) is 18.4. The summed E-state index contributed by atoms with van der Waals surface area (Å²) in [7, 11) is 1.68. The van der Waals surface area contributed by atoms with Crippen molar-refractivity contribution in [2.75, 3.05) is 13.7 Å². The van der Waals surface area contributed by atoms with Gasteiger partial charge in [0, 0.05) is 24.6 Å². The Bertz CT molecular complexity index is 1460. The molecule has 5 aromatic rings. The van der Waals surface area contributed by atoms with Crippen LogP contribution in [0.5, 0.6) is 0 Å². The van der Waals surface area contributed by atoms with Crippen molar-refractivity contribution >= 4 is 49.0 Å². The molecule has 0 bridgehead atoms. The molecule has 0 saturated heterocycles. The molecule has 0 aliphatic carbocycles. The molecule has 0 unspecified atom stereocenters. The van der Waals surface area contributed by atoms with Gasteiger partial charge in [-0.1, -0.05) is 78.1 Å². The van der Waals surface area contributed by atoms with Crippen molar-refractivity contribution in [3.05, 3.63) is 89.2 Å². The average molecular weight is 413 g/mol. The summed E-state index contributed by atoms with van der Waals surface area (Å²) < 4.78 is 8.53. The fraction of sp³-hybridized carbons (Fsp3) is 0.120. The Kier molecular flexibility index (Phi) is 4.91. The molecule has 30 heavy (non-hydrogen) atoms. The number of carbonyl (C=O) groups excluding carboxylic acids is 1. The van der Waals surface area contributed by atoms with Gasteiger partial charge in [-0.05, 0) is 28.3 Å². The third-order valence-corrected chi connectivity index (χ3v) is 6.44. The van der Waals surface area contributed by atoms with E-state index in [1.807, 2.05) is 54.6 Å². The minimum Gasteiger partial charge on any atom is -0.383 e. The number of carbonyl (C=O) groups is 1. The zero-order valence-corrected chi connectivity index (χ0v) is 17.4. The van der Waals surface area contributed by atoms with Crippen molar-refractivity contribution in [2.24, 2.45) is 4.99 Å². The molecule has 1 amide bonds. The van der Waals surface area contributed by atoms with E-state index in [1.165, 1.54) is 10.8 Å². The Morgan fingerprint density at radius 2 is 1.60 bits per heavy atom. The molecule has 5 rings (SSSR count). The van der Waals surface area contributed by atoms with E-state index in [4.69, 9.17) is 4.74 Å². The van der Waals surface area contributed by atoms with Gasteiger partial charge in [-0.25, -0.2) is 0 Å². The van der Waals surface area contributed by atoms with Gasteiger partial charge in [0.1, 0.15) is 0 Å². The molecule has 1 aromatic heterocycles. The number of benzene rings is 4. The zero-order chi connectivity index (χ0) is 20.5. The maximum absolute atomic E-state index is 13.2. The van der Waals surface area contributed by atoms with Crippen LogP contribution in [0, 0.1) is 0 Å². The molecule has 0 radical (unpaired) electrons. The number of fused-ring (bicyclic) bond motifs is 4. The first-order valence-electron chi connectivity index (χ1n) is 9.83. The lowest BCUT2D eigenvalue weighted by Crippen LogP contribution is -2.19. The van der Waals surface area contributed by atoms with Crippen LogP contribution >= 0.6 is 11.3 Å². The fourth-order valence-electron chi connectivity index (χ4n) is 3.84. The maximum atomic E-state index is 13.2. The number of ether oxygens (including phenoxy) is 1. The van der Waals surface area contributed by atoms with Crippen LogP contribution in [-0.4, -0.2) is 24.2 Å². The highest BCUT2D eigenvalue weighted by atomic mass is 32.1. The monoisotopic (exact) mass is 412 g/mol. The van der Waals surface area contributed by atoms with Crippen molar-refractivity contribution in [2.45, 2.75) is 6.54 Å². The molecule has 5 heteroatoms. The van der Waals surface area contributed by atoms with Crippen LogP contribution in [-0.2, 0) is 11.3 Å². The molecule has 0 saturated carbocycles. The highest BCUT2D eigenvalue weighted by molar-refractivity contribution is 7.17. The summed E-state index contributed by atoms with van der Waals surface area (Å²) in [6.07, 6.45) is 0. The summed E-state index contributed by atoms with van der Waals surface area (Å²) in [5.74, 6) is -0.228. The number of aromatic nitrogens is 1. The van der Waals surface area contributed by atoms with E-state index in [-0.39, 0.29) is 5.91 Å². The lowest BCUT2D eigenvalue weighted by atomic mass is 10.0. The summed E-state index contributed by atoms with van der Waals surface area (Å²) >= 11 is 1.55. The Labute approximate surface area is 177 Å². The first-order valence-corrected chi connectivity index (χ1v) is 10.6. The molecule has 1 heterocycles. The van der Waals surface area contributed by atoms with Crippen LogP contribution in [0.4, 0.5) is 0 Å². The van der Waals surface area contributed by atoms with Gasteiger partial charge in [-0.2, -0.15) is 4.99 Å². The van der Waals surface area contributed by atoms with Crippen LogP contribution < -0.4 is 4.80 Å². The van der Waals surface area contributed by atoms with Crippen molar-refractivity contribution in [3.8, 4) is 0 Å². The molecule has 148 valence electrons. The highest BCUT2D eigenvalue weighted by Crippen LogP contribution is 2.28. The topological polar surface area (TPSA) is 43.6 Å². The highest BCUT2D eigenvalue weighted by Gasteiger charge is 2.13. The number of methoxy groups -OCH3 is 1. The minimum atomic E-state index is -0.228. The van der Waals surface area contributed by atoms with E-state index < -0.39 is 0 Å². The first-order chi connectivity index (χ1) is 14.8. The largest absolute Gasteiger partial charge is 0.383 e. The van der Waals surface area contributed by atoms with Crippen LogP contribution in [0.1, 0.15) is 10.4 Å². The predicted molar refractivity (Wildman–Crippen MR) is 123 cm³/mol. The number of thiazole rings is 1. The quantitative estimate of drug-likeness (QED) is 0.397. The molecule has 0 spiro atoms. The molecule has 0 aliphatic heterocycles. The lowest BCUT2D eigenvalue weighted by molar-refractivity contribution is 0.0999. The maximum Gasteiger partial charge on any atom is 0.280 e. The van der Waals surface area contributed by atoms with Crippen LogP contribution in [0.2, 0.25) is 0 Å². The standard InChI is InChI=1S/C25H20N2O2S/c1-29-16-15-27-22-14-13-18-8-3-5-11-20(18)23(22)30-25(27)26-24(28)21-12-6-9-17-7-2-4-10-19(17)21/h2-14H,15-16H2,1H3.